The van der Waals surface area contributed by atoms with E-state index in [1.165, 1.54) is 0 Å². The molecule has 0 fully saturated rings. The maximum absolute atomic E-state index is 11.4. The standard InChI is InChI=1S/C11H19N5O/c1-15(2)10(17)6-8-12-9-5-7-13-11(14-9)16(3)4/h5,7H,6,8H2,1-4H3,(H,12,13,14). The van der Waals surface area contributed by atoms with Gasteiger partial charge in [-0.2, -0.15) is 4.98 Å². The smallest absolute Gasteiger partial charge is 0.226 e. The molecular weight excluding hydrogens is 218 g/mol. The van der Waals surface area contributed by atoms with Crippen LogP contribution in [0.2, 0.25) is 0 Å². The Labute approximate surface area is 102 Å². The Balaban J connectivity index is 2.47. The van der Waals surface area contributed by atoms with Gasteiger partial charge in [0.1, 0.15) is 5.82 Å². The minimum Gasteiger partial charge on any atom is -0.369 e. The van der Waals surface area contributed by atoms with Gasteiger partial charge in [0.25, 0.3) is 0 Å². The van der Waals surface area contributed by atoms with Crippen molar-refractivity contribution in [2.24, 2.45) is 0 Å². The second-order valence-corrected chi connectivity index (χ2v) is 4.10. The maximum atomic E-state index is 11.4. The average Bonchev–Trinajstić information content (AvgIpc) is 2.29. The van der Waals surface area contributed by atoms with Crippen molar-refractivity contribution in [1.29, 1.82) is 0 Å². The third kappa shape index (κ3) is 4.26. The predicted octanol–water partition coefficient (Wildman–Crippen LogP) is 0.433. The minimum absolute atomic E-state index is 0.0967. The van der Waals surface area contributed by atoms with Crippen LogP contribution in [0, 0.1) is 0 Å². The largest absolute Gasteiger partial charge is 0.369 e. The Kier molecular flexibility index (Phi) is 4.68. The monoisotopic (exact) mass is 237 g/mol. The fourth-order valence-electron chi connectivity index (χ4n) is 1.18. The number of carbonyl (C=O) groups excluding carboxylic acids is 1. The van der Waals surface area contributed by atoms with Gasteiger partial charge in [0.2, 0.25) is 11.9 Å². The molecule has 0 aliphatic heterocycles. The highest BCUT2D eigenvalue weighted by Gasteiger charge is 2.04. The summed E-state index contributed by atoms with van der Waals surface area (Å²) in [6.45, 7) is 0.570. The van der Waals surface area contributed by atoms with Crippen molar-refractivity contribution < 1.29 is 4.79 Å². The van der Waals surface area contributed by atoms with Gasteiger partial charge < -0.3 is 15.1 Å². The normalized spacial score (nSPS) is 9.88. The third-order valence-corrected chi connectivity index (χ3v) is 2.19. The highest BCUT2D eigenvalue weighted by molar-refractivity contribution is 5.76. The molecule has 0 aromatic carbocycles. The number of carbonyl (C=O) groups is 1. The van der Waals surface area contributed by atoms with Crippen LogP contribution in [0.1, 0.15) is 6.42 Å². The van der Waals surface area contributed by atoms with Crippen LogP contribution in [0.3, 0.4) is 0 Å². The maximum Gasteiger partial charge on any atom is 0.226 e. The summed E-state index contributed by atoms with van der Waals surface area (Å²) in [6.07, 6.45) is 2.15. The van der Waals surface area contributed by atoms with E-state index in [0.29, 0.717) is 18.9 Å². The van der Waals surface area contributed by atoms with Gasteiger partial charge in [-0.05, 0) is 6.07 Å². The molecule has 1 aromatic rings. The van der Waals surface area contributed by atoms with Crippen LogP contribution >= 0.6 is 0 Å². The van der Waals surface area contributed by atoms with E-state index in [-0.39, 0.29) is 5.91 Å². The summed E-state index contributed by atoms with van der Waals surface area (Å²) in [5.74, 6) is 1.48. The predicted molar refractivity (Wildman–Crippen MR) is 68.2 cm³/mol. The molecule has 0 saturated carbocycles. The molecule has 17 heavy (non-hydrogen) atoms. The zero-order valence-electron chi connectivity index (χ0n) is 10.8. The fourth-order valence-corrected chi connectivity index (χ4v) is 1.18. The number of nitrogens with one attached hydrogen (secondary N) is 1. The van der Waals surface area contributed by atoms with Crippen molar-refractivity contribution in [1.82, 2.24) is 14.9 Å². The molecule has 0 aliphatic carbocycles. The molecule has 0 aliphatic rings. The van der Waals surface area contributed by atoms with Crippen LogP contribution < -0.4 is 10.2 Å². The molecule has 1 aromatic heterocycles. The Bertz CT molecular complexity index is 378. The van der Waals surface area contributed by atoms with E-state index in [1.807, 2.05) is 19.0 Å². The number of hydrogen-bond donors (Lipinski definition) is 1. The summed E-state index contributed by atoms with van der Waals surface area (Å²) in [6, 6.07) is 1.78. The molecule has 0 spiro atoms. The highest BCUT2D eigenvalue weighted by Crippen LogP contribution is 2.07. The summed E-state index contributed by atoms with van der Waals surface area (Å²) < 4.78 is 0. The van der Waals surface area contributed by atoms with E-state index in [1.54, 1.807) is 31.3 Å². The summed E-state index contributed by atoms with van der Waals surface area (Å²) in [4.78, 5) is 23.2. The first-order valence-electron chi connectivity index (χ1n) is 5.45. The Morgan fingerprint density at radius 1 is 1.35 bits per heavy atom. The van der Waals surface area contributed by atoms with Gasteiger partial charge in [0.05, 0.1) is 0 Å². The van der Waals surface area contributed by atoms with Gasteiger partial charge in [-0.3, -0.25) is 4.79 Å². The van der Waals surface area contributed by atoms with Crippen LogP contribution in [-0.2, 0) is 4.79 Å². The van der Waals surface area contributed by atoms with Crippen molar-refractivity contribution >= 4 is 17.7 Å². The molecule has 0 bridgehead atoms. The molecule has 6 heteroatoms. The molecule has 1 amide bonds. The molecule has 1 rings (SSSR count). The van der Waals surface area contributed by atoms with Gasteiger partial charge >= 0.3 is 0 Å². The Morgan fingerprint density at radius 2 is 2.06 bits per heavy atom. The van der Waals surface area contributed by atoms with Crippen molar-refractivity contribution in [2.45, 2.75) is 6.42 Å². The van der Waals surface area contributed by atoms with Gasteiger partial charge in [-0.15, -0.1) is 0 Å². The van der Waals surface area contributed by atoms with Crippen molar-refractivity contribution in [3.05, 3.63) is 12.3 Å². The average molecular weight is 237 g/mol. The summed E-state index contributed by atoms with van der Waals surface area (Å²) >= 11 is 0. The molecule has 1 heterocycles. The lowest BCUT2D eigenvalue weighted by atomic mass is 10.4. The molecular formula is C11H19N5O. The number of hydrogen-bond acceptors (Lipinski definition) is 5. The molecule has 0 saturated heterocycles. The second-order valence-electron chi connectivity index (χ2n) is 4.10. The molecule has 0 unspecified atom stereocenters. The molecule has 0 atom stereocenters. The summed E-state index contributed by atoms with van der Waals surface area (Å²) in [7, 11) is 7.26. The van der Waals surface area contributed by atoms with Crippen LogP contribution in [0.4, 0.5) is 11.8 Å². The van der Waals surface area contributed by atoms with E-state index < -0.39 is 0 Å². The summed E-state index contributed by atoms with van der Waals surface area (Å²) in [5, 5.41) is 3.10. The number of anilines is 2. The highest BCUT2D eigenvalue weighted by atomic mass is 16.2. The first-order chi connectivity index (χ1) is 8.00. The SMILES string of the molecule is CN(C)C(=O)CCNc1ccnc(N(C)C)n1. The first kappa shape index (κ1) is 13.2. The van der Waals surface area contributed by atoms with Crippen molar-refractivity contribution in [3.63, 3.8) is 0 Å². The number of nitrogens with zero attached hydrogens (tertiary/aromatic N) is 4. The van der Waals surface area contributed by atoms with Gasteiger partial charge in [-0.25, -0.2) is 4.98 Å². The van der Waals surface area contributed by atoms with Crippen LogP contribution in [0.5, 0.6) is 0 Å². The minimum atomic E-state index is 0.0967. The van der Waals surface area contributed by atoms with E-state index in [9.17, 15) is 4.79 Å². The topological polar surface area (TPSA) is 61.4 Å². The van der Waals surface area contributed by atoms with E-state index in [2.05, 4.69) is 15.3 Å². The van der Waals surface area contributed by atoms with Crippen LogP contribution in [-0.4, -0.2) is 55.5 Å². The zero-order valence-corrected chi connectivity index (χ0v) is 10.8. The van der Waals surface area contributed by atoms with Crippen molar-refractivity contribution in [2.75, 3.05) is 45.0 Å². The summed E-state index contributed by atoms with van der Waals surface area (Å²) in [5.41, 5.74) is 0. The molecule has 1 N–H and O–H groups in total. The zero-order chi connectivity index (χ0) is 12.8. The molecule has 6 nitrogen and oxygen atoms in total. The lowest BCUT2D eigenvalue weighted by Gasteiger charge is -2.13. The van der Waals surface area contributed by atoms with Crippen LogP contribution in [0.25, 0.3) is 0 Å². The van der Waals surface area contributed by atoms with Crippen molar-refractivity contribution in [3.8, 4) is 0 Å². The van der Waals surface area contributed by atoms with Gasteiger partial charge in [0.15, 0.2) is 0 Å². The molecule has 0 radical (unpaired) electrons. The fraction of sp³-hybridized carbons (Fsp3) is 0.545. The number of rotatable bonds is 5. The molecule has 94 valence electrons. The first-order valence-corrected chi connectivity index (χ1v) is 5.45. The second kappa shape index (κ2) is 6.03. The Hall–Kier alpha value is -1.85. The van der Waals surface area contributed by atoms with Gasteiger partial charge in [-0.1, -0.05) is 0 Å². The van der Waals surface area contributed by atoms with Gasteiger partial charge in [0, 0.05) is 47.4 Å². The van der Waals surface area contributed by atoms with E-state index in [0.717, 1.165) is 5.82 Å². The van der Waals surface area contributed by atoms with E-state index in [4.69, 9.17) is 0 Å². The van der Waals surface area contributed by atoms with Crippen LogP contribution in [0.15, 0.2) is 12.3 Å². The number of amides is 1. The lowest BCUT2D eigenvalue weighted by Crippen LogP contribution is -2.24. The quantitative estimate of drug-likeness (QED) is 0.805. The Morgan fingerprint density at radius 3 is 2.65 bits per heavy atom. The van der Waals surface area contributed by atoms with E-state index >= 15 is 0 Å². The number of aromatic nitrogens is 2. The third-order valence-electron chi connectivity index (χ3n) is 2.19. The lowest BCUT2D eigenvalue weighted by molar-refractivity contribution is -0.128.